The molecular weight excluding hydrogens is 300 g/mol. The van der Waals surface area contributed by atoms with Crippen molar-refractivity contribution in [2.75, 3.05) is 20.2 Å². The average molecular weight is 320 g/mol. The van der Waals surface area contributed by atoms with Crippen LogP contribution in [-0.4, -0.2) is 58.7 Å². The number of carbonyl (C=O) groups excluding carboxylic acids is 3. The summed E-state index contributed by atoms with van der Waals surface area (Å²) in [6.07, 6.45) is 4.32. The quantitative estimate of drug-likeness (QED) is 0.773. The summed E-state index contributed by atoms with van der Waals surface area (Å²) in [4.78, 5) is 38.0. The largest absolute Gasteiger partial charge is 0.469 e. The van der Waals surface area contributed by atoms with E-state index in [0.717, 1.165) is 31.5 Å². The van der Waals surface area contributed by atoms with Crippen LogP contribution in [0.25, 0.3) is 0 Å². The Bertz CT molecular complexity index is 639. The summed E-state index contributed by atoms with van der Waals surface area (Å²) < 4.78 is 6.49. The molecule has 1 aromatic heterocycles. The molecule has 0 bridgehead atoms. The highest BCUT2D eigenvalue weighted by Gasteiger charge is 2.36. The molecule has 124 valence electrons. The molecule has 8 nitrogen and oxygen atoms in total. The van der Waals surface area contributed by atoms with E-state index in [1.165, 1.54) is 12.0 Å². The number of esters is 1. The van der Waals surface area contributed by atoms with E-state index >= 15 is 0 Å². The fraction of sp³-hybridized carbons (Fsp3) is 0.600. The van der Waals surface area contributed by atoms with Gasteiger partial charge in [0, 0.05) is 19.6 Å². The van der Waals surface area contributed by atoms with Gasteiger partial charge in [-0.3, -0.25) is 19.1 Å². The number of nitrogens with zero attached hydrogens (tertiary/aromatic N) is 3. The first kappa shape index (κ1) is 15.5. The summed E-state index contributed by atoms with van der Waals surface area (Å²) in [6, 6.07) is -0.831. The van der Waals surface area contributed by atoms with Crippen molar-refractivity contribution in [2.24, 2.45) is 0 Å². The number of nitrogens with one attached hydrogen (secondary N) is 1. The number of ether oxygens (including phenoxy) is 1. The third-order valence-corrected chi connectivity index (χ3v) is 4.39. The molecule has 23 heavy (non-hydrogen) atoms. The smallest absolute Gasteiger partial charge is 0.308 e. The molecule has 0 aliphatic carbocycles. The molecule has 1 fully saturated rings. The molecule has 3 heterocycles. The lowest BCUT2D eigenvalue weighted by Gasteiger charge is -2.34. The van der Waals surface area contributed by atoms with Crippen LogP contribution in [0.1, 0.15) is 35.3 Å². The first-order valence-electron chi connectivity index (χ1n) is 7.82. The van der Waals surface area contributed by atoms with Crippen molar-refractivity contribution in [2.45, 2.75) is 38.3 Å². The van der Waals surface area contributed by atoms with Crippen LogP contribution in [0, 0.1) is 0 Å². The van der Waals surface area contributed by atoms with E-state index in [9.17, 15) is 14.4 Å². The Morgan fingerprint density at radius 1 is 1.39 bits per heavy atom. The monoisotopic (exact) mass is 320 g/mol. The highest BCUT2D eigenvalue weighted by molar-refractivity contribution is 6.00. The number of carbonyl (C=O) groups is 3. The maximum atomic E-state index is 12.9. The average Bonchev–Trinajstić information content (AvgIpc) is 3.00. The molecule has 1 aromatic rings. The van der Waals surface area contributed by atoms with Gasteiger partial charge in [0.05, 0.1) is 31.0 Å². The Morgan fingerprint density at radius 3 is 3.00 bits per heavy atom. The lowest BCUT2D eigenvalue weighted by molar-refractivity contribution is -0.145. The van der Waals surface area contributed by atoms with E-state index in [1.54, 1.807) is 6.20 Å². The molecule has 2 aliphatic rings. The summed E-state index contributed by atoms with van der Waals surface area (Å²) in [5, 5.41) is 6.96. The number of aromatic nitrogens is 2. The van der Waals surface area contributed by atoms with Crippen molar-refractivity contribution in [3.05, 3.63) is 17.5 Å². The third-order valence-electron chi connectivity index (χ3n) is 4.39. The van der Waals surface area contributed by atoms with Gasteiger partial charge in [-0.15, -0.1) is 0 Å². The van der Waals surface area contributed by atoms with Gasteiger partial charge < -0.3 is 15.0 Å². The molecule has 2 amide bonds. The molecule has 1 N–H and O–H groups in total. The van der Waals surface area contributed by atoms with Crippen LogP contribution < -0.4 is 5.32 Å². The fourth-order valence-electron chi connectivity index (χ4n) is 3.16. The minimum Gasteiger partial charge on any atom is -0.469 e. The normalized spacial score (nSPS) is 20.7. The summed E-state index contributed by atoms with van der Waals surface area (Å²) in [6.45, 7) is 1.57. The Hall–Kier alpha value is -2.38. The van der Waals surface area contributed by atoms with Gasteiger partial charge in [-0.25, -0.2) is 0 Å². The summed E-state index contributed by atoms with van der Waals surface area (Å²) in [7, 11) is 1.27. The van der Waals surface area contributed by atoms with Gasteiger partial charge in [0.1, 0.15) is 6.04 Å². The maximum Gasteiger partial charge on any atom is 0.308 e. The molecule has 0 spiro atoms. The molecule has 0 aromatic carbocycles. The zero-order chi connectivity index (χ0) is 16.4. The topological polar surface area (TPSA) is 93.5 Å². The minimum atomic E-state index is -0.831. The number of hydrogen-bond acceptors (Lipinski definition) is 5. The number of amides is 2. The predicted octanol–water partition coefficient (Wildman–Crippen LogP) is -0.277. The number of rotatable bonds is 3. The molecule has 1 saturated heterocycles. The SMILES string of the molecule is COC(=O)C[C@@H]1C(=O)NCCN1C(=O)c1cnn2c1CCCC2. The van der Waals surface area contributed by atoms with Gasteiger partial charge in [-0.05, 0) is 19.3 Å². The molecular formula is C15H20N4O4. The van der Waals surface area contributed by atoms with Crippen LogP contribution in [0.5, 0.6) is 0 Å². The van der Waals surface area contributed by atoms with E-state index in [4.69, 9.17) is 0 Å². The Kier molecular flexibility index (Phi) is 4.31. The maximum absolute atomic E-state index is 12.9. The fourth-order valence-corrected chi connectivity index (χ4v) is 3.16. The summed E-state index contributed by atoms with van der Waals surface area (Å²) in [5.41, 5.74) is 1.46. The van der Waals surface area contributed by atoms with Crippen LogP contribution in [0.2, 0.25) is 0 Å². The van der Waals surface area contributed by atoms with Gasteiger partial charge in [0.2, 0.25) is 5.91 Å². The number of aryl methyl sites for hydroxylation is 1. The predicted molar refractivity (Wildman–Crippen MR) is 79.6 cm³/mol. The number of hydrogen-bond donors (Lipinski definition) is 1. The zero-order valence-electron chi connectivity index (χ0n) is 13.1. The second kappa shape index (κ2) is 6.39. The van der Waals surface area contributed by atoms with E-state index in [-0.39, 0.29) is 18.2 Å². The molecule has 0 saturated carbocycles. The van der Waals surface area contributed by atoms with E-state index < -0.39 is 12.0 Å². The first-order chi connectivity index (χ1) is 11.1. The van der Waals surface area contributed by atoms with Crippen LogP contribution in [0.15, 0.2) is 6.20 Å². The van der Waals surface area contributed by atoms with E-state index in [2.05, 4.69) is 15.2 Å². The van der Waals surface area contributed by atoms with Crippen molar-refractivity contribution in [1.29, 1.82) is 0 Å². The van der Waals surface area contributed by atoms with Gasteiger partial charge in [-0.2, -0.15) is 5.10 Å². The third kappa shape index (κ3) is 2.93. The van der Waals surface area contributed by atoms with Crippen LogP contribution >= 0.6 is 0 Å². The van der Waals surface area contributed by atoms with Crippen molar-refractivity contribution in [3.8, 4) is 0 Å². The second-order valence-corrected chi connectivity index (χ2v) is 5.77. The highest BCUT2D eigenvalue weighted by Crippen LogP contribution is 2.21. The molecule has 0 radical (unpaired) electrons. The van der Waals surface area contributed by atoms with Crippen molar-refractivity contribution >= 4 is 17.8 Å². The van der Waals surface area contributed by atoms with Gasteiger partial charge in [0.25, 0.3) is 5.91 Å². The number of piperazine rings is 1. The molecule has 2 aliphatic heterocycles. The van der Waals surface area contributed by atoms with Crippen LogP contribution in [0.3, 0.4) is 0 Å². The molecule has 0 unspecified atom stereocenters. The van der Waals surface area contributed by atoms with Gasteiger partial charge >= 0.3 is 5.97 Å². The van der Waals surface area contributed by atoms with Crippen LogP contribution in [-0.2, 0) is 27.3 Å². The van der Waals surface area contributed by atoms with Crippen molar-refractivity contribution in [3.63, 3.8) is 0 Å². The first-order valence-corrected chi connectivity index (χ1v) is 7.82. The highest BCUT2D eigenvalue weighted by atomic mass is 16.5. The molecule has 3 rings (SSSR count). The zero-order valence-corrected chi connectivity index (χ0v) is 13.1. The Balaban J connectivity index is 1.85. The van der Waals surface area contributed by atoms with E-state index in [0.29, 0.717) is 18.7 Å². The van der Waals surface area contributed by atoms with Crippen LogP contribution in [0.4, 0.5) is 0 Å². The van der Waals surface area contributed by atoms with Gasteiger partial charge in [-0.1, -0.05) is 0 Å². The lowest BCUT2D eigenvalue weighted by atomic mass is 10.0. The minimum absolute atomic E-state index is 0.141. The summed E-state index contributed by atoms with van der Waals surface area (Å²) in [5.74, 6) is -1.07. The Morgan fingerprint density at radius 2 is 2.22 bits per heavy atom. The standard InChI is InChI=1S/C15H20N4O4/c1-23-13(20)8-12-14(21)16-5-7-18(12)15(22)10-9-17-19-6-3-2-4-11(10)19/h9,12H,2-8H2,1H3,(H,16,21)/t12-/m1/s1. The number of fused-ring (bicyclic) bond motifs is 1. The van der Waals surface area contributed by atoms with E-state index in [1.807, 2.05) is 4.68 Å². The summed E-state index contributed by atoms with van der Waals surface area (Å²) >= 11 is 0. The molecule has 1 atom stereocenters. The molecule has 8 heteroatoms. The van der Waals surface area contributed by atoms with Gasteiger partial charge in [0.15, 0.2) is 0 Å². The second-order valence-electron chi connectivity index (χ2n) is 5.77. The van der Waals surface area contributed by atoms with Crippen molar-refractivity contribution < 1.29 is 19.1 Å². The number of methoxy groups -OCH3 is 1. The lowest BCUT2D eigenvalue weighted by Crippen LogP contribution is -2.58. The van der Waals surface area contributed by atoms with Crippen molar-refractivity contribution in [1.82, 2.24) is 20.0 Å². The Labute approximate surface area is 133 Å².